The first-order chi connectivity index (χ1) is 12.4. The molecule has 2 atom stereocenters. The van der Waals surface area contributed by atoms with Gasteiger partial charge in [-0.05, 0) is 45.0 Å². The van der Waals surface area contributed by atoms with Gasteiger partial charge in [-0.3, -0.25) is 14.2 Å². The number of hydrogen-bond donors (Lipinski definition) is 1. The summed E-state index contributed by atoms with van der Waals surface area (Å²) >= 11 is 0. The molecule has 1 saturated heterocycles. The molecule has 8 nitrogen and oxygen atoms in total. The smallest absolute Gasteiger partial charge is 0.350 e. The first kappa shape index (κ1) is 20.9. The maximum atomic E-state index is 12.9. The van der Waals surface area contributed by atoms with Crippen LogP contribution in [0.25, 0.3) is 0 Å². The van der Waals surface area contributed by atoms with Gasteiger partial charge in [0.25, 0.3) is 5.91 Å². The van der Waals surface area contributed by atoms with Crippen LogP contribution in [0.15, 0.2) is 24.3 Å². The second-order valence-corrected chi connectivity index (χ2v) is 7.87. The summed E-state index contributed by atoms with van der Waals surface area (Å²) in [5.41, 5.74) is 0.631. The molecular weight excluding hydrogens is 359 g/mol. The summed E-state index contributed by atoms with van der Waals surface area (Å²) in [7, 11) is -1.77. The van der Waals surface area contributed by atoms with Gasteiger partial charge in [-0.15, -0.1) is 0 Å². The molecular formula is C17H27N2O6P. The van der Waals surface area contributed by atoms with Gasteiger partial charge in [0.15, 0.2) is 6.10 Å². The van der Waals surface area contributed by atoms with Gasteiger partial charge in [-0.1, -0.05) is 0 Å². The van der Waals surface area contributed by atoms with E-state index in [2.05, 4.69) is 5.32 Å². The van der Waals surface area contributed by atoms with E-state index in [1.165, 1.54) is 5.06 Å². The third kappa shape index (κ3) is 5.05. The van der Waals surface area contributed by atoms with Crippen molar-refractivity contribution in [3.63, 3.8) is 0 Å². The van der Waals surface area contributed by atoms with Crippen LogP contribution in [-0.4, -0.2) is 49.7 Å². The molecule has 1 aliphatic heterocycles. The molecule has 1 fully saturated rings. The Hall–Kier alpha value is -1.44. The van der Waals surface area contributed by atoms with Gasteiger partial charge >= 0.3 is 7.60 Å². The van der Waals surface area contributed by atoms with Gasteiger partial charge in [-0.25, -0.2) is 0 Å². The van der Waals surface area contributed by atoms with Crippen LogP contribution >= 0.6 is 7.60 Å². The quantitative estimate of drug-likeness (QED) is 0.652. The molecule has 0 aliphatic carbocycles. The zero-order chi connectivity index (χ0) is 19.2. The summed E-state index contributed by atoms with van der Waals surface area (Å²) < 4.78 is 29.1. The number of hydrogen-bond acceptors (Lipinski definition) is 7. The van der Waals surface area contributed by atoms with Crippen LogP contribution in [0.1, 0.15) is 27.2 Å². The van der Waals surface area contributed by atoms with Crippen LogP contribution in [0.3, 0.4) is 0 Å². The molecule has 26 heavy (non-hydrogen) atoms. The second-order valence-electron chi connectivity index (χ2n) is 5.68. The number of carbonyl (C=O) groups is 1. The molecule has 0 saturated carbocycles. The summed E-state index contributed by atoms with van der Waals surface area (Å²) in [6.07, 6.45) is -0.554. The van der Waals surface area contributed by atoms with Crippen LogP contribution in [0.2, 0.25) is 0 Å². The summed E-state index contributed by atoms with van der Waals surface area (Å²) in [6.45, 7) is 6.49. The molecule has 1 amide bonds. The topological polar surface area (TPSA) is 86.3 Å². The molecule has 9 heteroatoms. The Kier molecular flexibility index (Phi) is 7.61. The lowest BCUT2D eigenvalue weighted by Gasteiger charge is -2.25. The van der Waals surface area contributed by atoms with Crippen molar-refractivity contribution >= 4 is 19.2 Å². The van der Waals surface area contributed by atoms with Crippen molar-refractivity contribution in [1.29, 1.82) is 0 Å². The second kappa shape index (κ2) is 9.48. The average Bonchev–Trinajstić information content (AvgIpc) is 3.00. The number of anilines is 1. The summed E-state index contributed by atoms with van der Waals surface area (Å²) in [5, 5.41) is 4.19. The zero-order valence-electron chi connectivity index (χ0n) is 15.6. The van der Waals surface area contributed by atoms with Crippen molar-refractivity contribution in [2.75, 3.05) is 32.2 Å². The van der Waals surface area contributed by atoms with E-state index in [1.54, 1.807) is 45.2 Å². The van der Waals surface area contributed by atoms with E-state index in [0.717, 1.165) is 5.75 Å². The van der Waals surface area contributed by atoms with Gasteiger partial charge in [0.05, 0.1) is 19.8 Å². The number of rotatable bonds is 9. The summed E-state index contributed by atoms with van der Waals surface area (Å²) in [4.78, 5) is 18.1. The number of hydroxylamine groups is 2. The lowest BCUT2D eigenvalue weighted by atomic mass is 10.2. The third-order valence-electron chi connectivity index (χ3n) is 3.85. The van der Waals surface area contributed by atoms with Crippen molar-refractivity contribution in [2.24, 2.45) is 0 Å². The molecule has 0 radical (unpaired) electrons. The minimum absolute atomic E-state index is 0.219. The minimum Gasteiger partial charge on any atom is -0.494 e. The number of nitrogens with one attached hydrogen (secondary N) is 1. The molecule has 1 N–H and O–H groups in total. The Bertz CT molecular complexity index is 629. The van der Waals surface area contributed by atoms with E-state index < -0.39 is 19.5 Å². The van der Waals surface area contributed by atoms with Crippen LogP contribution in [0, 0.1) is 0 Å². The fourth-order valence-corrected chi connectivity index (χ4v) is 4.77. The fraction of sp³-hybridized carbons (Fsp3) is 0.588. The van der Waals surface area contributed by atoms with Crippen LogP contribution in [0.4, 0.5) is 5.69 Å². The van der Waals surface area contributed by atoms with Crippen LogP contribution < -0.4 is 10.1 Å². The standard InChI is InChI=1S/C17H27N2O6P/c1-5-22-14-10-8-13(9-11-14)18-17(20)15-12-16(19(4)25-15)26(21,23-6-2)24-7-3/h8-11,15-16H,5-7,12H2,1-4H3,(H,18,20)/t15-,16+/m0/s1. The Balaban J connectivity index is 2.01. The van der Waals surface area contributed by atoms with E-state index in [9.17, 15) is 9.36 Å². The predicted molar refractivity (Wildman–Crippen MR) is 98.1 cm³/mol. The molecule has 1 heterocycles. The number of nitrogens with zero attached hydrogens (tertiary/aromatic N) is 1. The van der Waals surface area contributed by atoms with Crippen molar-refractivity contribution in [2.45, 2.75) is 39.1 Å². The van der Waals surface area contributed by atoms with Crippen LogP contribution in [0.5, 0.6) is 5.75 Å². The first-order valence-corrected chi connectivity index (χ1v) is 10.4. The fourth-order valence-electron chi connectivity index (χ4n) is 2.73. The van der Waals surface area contributed by atoms with E-state index >= 15 is 0 Å². The third-order valence-corrected chi connectivity index (χ3v) is 6.35. The Morgan fingerprint density at radius 3 is 2.35 bits per heavy atom. The van der Waals surface area contributed by atoms with E-state index in [-0.39, 0.29) is 25.5 Å². The predicted octanol–water partition coefficient (Wildman–Crippen LogP) is 3.25. The Morgan fingerprint density at radius 1 is 1.19 bits per heavy atom. The highest BCUT2D eigenvalue weighted by atomic mass is 31.2. The first-order valence-electron chi connectivity index (χ1n) is 8.75. The molecule has 1 aromatic rings. The maximum Gasteiger partial charge on any atom is 0.350 e. The molecule has 2 rings (SSSR count). The lowest BCUT2D eigenvalue weighted by Crippen LogP contribution is -2.28. The molecule has 146 valence electrons. The van der Waals surface area contributed by atoms with Crippen molar-refractivity contribution < 1.29 is 28.0 Å². The number of amides is 1. The monoisotopic (exact) mass is 386 g/mol. The van der Waals surface area contributed by atoms with Gasteiger partial charge in [-0.2, -0.15) is 5.06 Å². The number of carbonyl (C=O) groups excluding carboxylic acids is 1. The van der Waals surface area contributed by atoms with E-state index in [0.29, 0.717) is 12.3 Å². The molecule has 0 spiro atoms. The zero-order valence-corrected chi connectivity index (χ0v) is 16.5. The summed E-state index contributed by atoms with van der Waals surface area (Å²) in [6, 6.07) is 7.07. The van der Waals surface area contributed by atoms with Crippen LogP contribution in [-0.2, 0) is 23.2 Å². The molecule has 0 unspecified atom stereocenters. The van der Waals surface area contributed by atoms with E-state index in [1.807, 2.05) is 6.92 Å². The van der Waals surface area contributed by atoms with Gasteiger partial charge in [0, 0.05) is 19.2 Å². The number of benzene rings is 1. The van der Waals surface area contributed by atoms with Gasteiger partial charge < -0.3 is 19.1 Å². The molecule has 1 aromatic carbocycles. The Labute approximate surface area is 154 Å². The highest BCUT2D eigenvalue weighted by Gasteiger charge is 2.48. The Morgan fingerprint density at radius 2 is 1.81 bits per heavy atom. The minimum atomic E-state index is -3.39. The summed E-state index contributed by atoms with van der Waals surface area (Å²) in [5.74, 6) is -0.210. The maximum absolute atomic E-state index is 12.9. The van der Waals surface area contributed by atoms with Crippen molar-refractivity contribution in [3.05, 3.63) is 24.3 Å². The molecule has 1 aliphatic rings. The SMILES string of the molecule is CCOc1ccc(NC(=O)[C@@H]2C[C@@H](P(=O)(OCC)OCC)N(C)O2)cc1. The normalized spacial score (nSPS) is 20.9. The number of ether oxygens (including phenoxy) is 1. The van der Waals surface area contributed by atoms with Crippen molar-refractivity contribution in [1.82, 2.24) is 5.06 Å². The van der Waals surface area contributed by atoms with Crippen molar-refractivity contribution in [3.8, 4) is 5.75 Å². The van der Waals surface area contributed by atoms with Gasteiger partial charge in [0.2, 0.25) is 0 Å². The van der Waals surface area contributed by atoms with E-state index in [4.69, 9.17) is 18.6 Å². The van der Waals surface area contributed by atoms with Gasteiger partial charge in [0.1, 0.15) is 11.5 Å². The molecule has 0 bridgehead atoms. The lowest BCUT2D eigenvalue weighted by molar-refractivity contribution is -0.155. The largest absolute Gasteiger partial charge is 0.494 e. The highest BCUT2D eigenvalue weighted by Crippen LogP contribution is 2.57. The highest BCUT2D eigenvalue weighted by molar-refractivity contribution is 7.54. The molecule has 0 aromatic heterocycles. The average molecular weight is 386 g/mol.